The van der Waals surface area contributed by atoms with Gasteiger partial charge in [-0.15, -0.1) is 0 Å². The van der Waals surface area contributed by atoms with Gasteiger partial charge in [-0.3, -0.25) is 9.59 Å². The van der Waals surface area contributed by atoms with Gasteiger partial charge in [-0.25, -0.2) is 0 Å². The lowest BCUT2D eigenvalue weighted by Gasteiger charge is -2.27. The summed E-state index contributed by atoms with van der Waals surface area (Å²) in [5.74, 6) is 0.517. The van der Waals surface area contributed by atoms with Crippen LogP contribution < -0.4 is 15.8 Å². The number of Topliss-reactive ketones (excluding diaryl/α,β-unsaturated/α-hetero) is 1. The number of carbonyl (C=O) groups is 2. The molecule has 1 fully saturated rings. The van der Waals surface area contributed by atoms with Crippen molar-refractivity contribution in [2.45, 2.75) is 12.8 Å². The Labute approximate surface area is 117 Å². The molecule has 0 spiro atoms. The van der Waals surface area contributed by atoms with Crippen LogP contribution in [0.1, 0.15) is 23.2 Å². The van der Waals surface area contributed by atoms with E-state index in [-0.39, 0.29) is 11.7 Å². The number of nitrogens with zero attached hydrogens (tertiary/aromatic N) is 1. The van der Waals surface area contributed by atoms with Crippen LogP contribution in [0.5, 0.6) is 5.75 Å². The van der Waals surface area contributed by atoms with Crippen molar-refractivity contribution in [2.24, 2.45) is 0 Å². The van der Waals surface area contributed by atoms with Crippen LogP contribution in [0.4, 0.5) is 11.4 Å². The average Bonchev–Trinajstić information content (AvgIpc) is 2.47. The van der Waals surface area contributed by atoms with Gasteiger partial charge in [0.1, 0.15) is 11.5 Å². The number of nitrogens with two attached hydrogens (primary N) is 1. The van der Waals surface area contributed by atoms with E-state index in [1.807, 2.05) is 0 Å². The molecule has 1 aromatic carbocycles. The van der Waals surface area contributed by atoms with Gasteiger partial charge < -0.3 is 20.7 Å². The normalized spacial score (nSPS) is 15.1. The molecule has 0 radical (unpaired) electrons. The first-order valence-electron chi connectivity index (χ1n) is 6.53. The highest BCUT2D eigenvalue weighted by Crippen LogP contribution is 2.30. The minimum atomic E-state index is -0.133. The lowest BCUT2D eigenvalue weighted by molar-refractivity contribution is -0.120. The van der Waals surface area contributed by atoms with Crippen LogP contribution in [0.25, 0.3) is 0 Å². The molecule has 2 rings (SSSR count). The Morgan fingerprint density at radius 3 is 2.55 bits per heavy atom. The third-order valence-corrected chi connectivity index (χ3v) is 3.48. The zero-order valence-corrected chi connectivity index (χ0v) is 11.7. The third kappa shape index (κ3) is 2.68. The van der Waals surface area contributed by atoms with Gasteiger partial charge in [0.05, 0.1) is 24.0 Å². The molecule has 1 aromatic rings. The summed E-state index contributed by atoms with van der Waals surface area (Å²) in [7, 11) is 3.25. The molecular weight excluding hydrogens is 258 g/mol. The first-order valence-corrected chi connectivity index (χ1v) is 6.53. The summed E-state index contributed by atoms with van der Waals surface area (Å²) in [6, 6.07) is 3.32. The molecule has 6 nitrogen and oxygen atoms in total. The van der Waals surface area contributed by atoms with Gasteiger partial charge in [-0.1, -0.05) is 0 Å². The predicted octanol–water partition coefficient (Wildman–Crippen LogP) is 1.12. The Morgan fingerprint density at radius 2 is 2.00 bits per heavy atom. The van der Waals surface area contributed by atoms with Gasteiger partial charge in [0.2, 0.25) is 0 Å². The van der Waals surface area contributed by atoms with E-state index in [1.165, 1.54) is 7.11 Å². The van der Waals surface area contributed by atoms with Crippen LogP contribution >= 0.6 is 0 Å². The van der Waals surface area contributed by atoms with Crippen molar-refractivity contribution in [1.29, 1.82) is 0 Å². The fourth-order valence-electron chi connectivity index (χ4n) is 2.28. The Balaban J connectivity index is 2.30. The number of piperidine rings is 1. The van der Waals surface area contributed by atoms with Gasteiger partial charge in [0.15, 0.2) is 0 Å². The first kappa shape index (κ1) is 14.2. The van der Waals surface area contributed by atoms with E-state index >= 15 is 0 Å². The van der Waals surface area contributed by atoms with Crippen LogP contribution in [-0.4, -0.2) is 43.8 Å². The number of ketones is 1. The van der Waals surface area contributed by atoms with Gasteiger partial charge in [-0.2, -0.15) is 0 Å². The molecule has 1 aliphatic heterocycles. The van der Waals surface area contributed by atoms with E-state index in [9.17, 15) is 9.59 Å². The maximum atomic E-state index is 12.5. The summed E-state index contributed by atoms with van der Waals surface area (Å²) in [5, 5.41) is 2.95. The standard InChI is InChI=1S/C14H19N3O3/c1-16-12-7-10(13(20-2)8-11(12)15)14(19)17-5-3-9(18)4-6-17/h7-8,16H,3-6,15H2,1-2H3. The van der Waals surface area contributed by atoms with Gasteiger partial charge in [-0.05, 0) is 6.07 Å². The molecule has 1 saturated heterocycles. The van der Waals surface area contributed by atoms with Crippen LogP contribution in [-0.2, 0) is 4.79 Å². The molecule has 1 aliphatic rings. The molecule has 1 heterocycles. The largest absolute Gasteiger partial charge is 0.496 e. The molecule has 0 aromatic heterocycles. The molecule has 1 amide bonds. The number of anilines is 2. The second-order valence-electron chi connectivity index (χ2n) is 4.72. The highest BCUT2D eigenvalue weighted by Gasteiger charge is 2.25. The topological polar surface area (TPSA) is 84.7 Å². The molecule has 0 atom stereocenters. The van der Waals surface area contributed by atoms with E-state index in [2.05, 4.69) is 5.32 Å². The Bertz CT molecular complexity index is 533. The van der Waals surface area contributed by atoms with Crippen LogP contribution in [0.15, 0.2) is 12.1 Å². The SMILES string of the molecule is CNc1cc(C(=O)N2CCC(=O)CC2)c(OC)cc1N. The quantitative estimate of drug-likeness (QED) is 0.809. The fraction of sp³-hybridized carbons (Fsp3) is 0.429. The van der Waals surface area contributed by atoms with E-state index < -0.39 is 0 Å². The highest BCUT2D eigenvalue weighted by molar-refractivity contribution is 6.00. The number of ether oxygens (including phenoxy) is 1. The average molecular weight is 277 g/mol. The number of hydrogen-bond donors (Lipinski definition) is 2. The van der Waals surface area contributed by atoms with Crippen LogP contribution in [0, 0.1) is 0 Å². The summed E-state index contributed by atoms with van der Waals surface area (Å²) in [5.41, 5.74) is 7.53. The molecule has 108 valence electrons. The number of likely N-dealkylation sites (tertiary alicyclic amines) is 1. The minimum Gasteiger partial charge on any atom is -0.496 e. The van der Waals surface area contributed by atoms with E-state index in [0.29, 0.717) is 48.6 Å². The Morgan fingerprint density at radius 1 is 1.35 bits per heavy atom. The number of rotatable bonds is 3. The van der Waals surface area contributed by atoms with Crippen molar-refractivity contribution >= 4 is 23.1 Å². The van der Waals surface area contributed by atoms with Gasteiger partial charge in [0, 0.05) is 39.0 Å². The van der Waals surface area contributed by atoms with Gasteiger partial charge >= 0.3 is 0 Å². The summed E-state index contributed by atoms with van der Waals surface area (Å²) in [6.45, 7) is 0.917. The number of nitrogens with one attached hydrogen (secondary N) is 1. The maximum Gasteiger partial charge on any atom is 0.257 e. The maximum absolute atomic E-state index is 12.5. The lowest BCUT2D eigenvalue weighted by atomic mass is 10.1. The van der Waals surface area contributed by atoms with Crippen molar-refractivity contribution in [3.8, 4) is 5.75 Å². The number of carbonyl (C=O) groups excluding carboxylic acids is 2. The van der Waals surface area contributed by atoms with E-state index in [4.69, 9.17) is 10.5 Å². The zero-order valence-electron chi connectivity index (χ0n) is 11.7. The molecule has 0 unspecified atom stereocenters. The van der Waals surface area contributed by atoms with Gasteiger partial charge in [0.25, 0.3) is 5.91 Å². The van der Waals surface area contributed by atoms with Crippen molar-refractivity contribution in [3.05, 3.63) is 17.7 Å². The number of nitrogen functional groups attached to an aromatic ring is 1. The number of benzene rings is 1. The van der Waals surface area contributed by atoms with Crippen molar-refractivity contribution in [1.82, 2.24) is 4.90 Å². The van der Waals surface area contributed by atoms with Crippen LogP contribution in [0.3, 0.4) is 0 Å². The zero-order chi connectivity index (χ0) is 14.7. The molecule has 3 N–H and O–H groups in total. The lowest BCUT2D eigenvalue weighted by Crippen LogP contribution is -2.38. The van der Waals surface area contributed by atoms with Crippen molar-refractivity contribution in [2.75, 3.05) is 38.3 Å². The summed E-state index contributed by atoms with van der Waals surface area (Å²) in [4.78, 5) is 25.5. The molecular formula is C14H19N3O3. The monoisotopic (exact) mass is 277 g/mol. The Kier molecular flexibility index (Phi) is 4.12. The third-order valence-electron chi connectivity index (χ3n) is 3.48. The minimum absolute atomic E-state index is 0.133. The molecule has 20 heavy (non-hydrogen) atoms. The molecule has 0 bridgehead atoms. The number of methoxy groups -OCH3 is 1. The fourth-order valence-corrected chi connectivity index (χ4v) is 2.28. The highest BCUT2D eigenvalue weighted by atomic mass is 16.5. The second-order valence-corrected chi connectivity index (χ2v) is 4.72. The van der Waals surface area contributed by atoms with Crippen molar-refractivity contribution in [3.63, 3.8) is 0 Å². The number of amides is 1. The first-order chi connectivity index (χ1) is 9.56. The Hall–Kier alpha value is -2.24. The molecule has 0 saturated carbocycles. The smallest absolute Gasteiger partial charge is 0.257 e. The van der Waals surface area contributed by atoms with E-state index in [0.717, 1.165) is 0 Å². The molecule has 6 heteroatoms. The summed E-state index contributed by atoms with van der Waals surface area (Å²) < 4.78 is 5.24. The number of hydrogen-bond acceptors (Lipinski definition) is 5. The summed E-state index contributed by atoms with van der Waals surface area (Å²) in [6.07, 6.45) is 0.837. The molecule has 0 aliphatic carbocycles. The summed E-state index contributed by atoms with van der Waals surface area (Å²) >= 11 is 0. The van der Waals surface area contributed by atoms with Crippen LogP contribution in [0.2, 0.25) is 0 Å². The van der Waals surface area contributed by atoms with E-state index in [1.54, 1.807) is 24.1 Å². The predicted molar refractivity (Wildman–Crippen MR) is 77.1 cm³/mol. The van der Waals surface area contributed by atoms with Crippen molar-refractivity contribution < 1.29 is 14.3 Å². The second kappa shape index (κ2) is 5.81.